The minimum absolute atomic E-state index is 0.208. The summed E-state index contributed by atoms with van der Waals surface area (Å²) < 4.78 is 5.72. The first-order chi connectivity index (χ1) is 27.3. The number of nitrogens with zero attached hydrogens (tertiary/aromatic N) is 6. The molecule has 56 heavy (non-hydrogen) atoms. The van der Waals surface area contributed by atoms with Gasteiger partial charge in [-0.15, -0.1) is 0 Å². The van der Waals surface area contributed by atoms with E-state index in [0.29, 0.717) is 43.2 Å². The molecule has 4 aliphatic heterocycles. The zero-order valence-electron chi connectivity index (χ0n) is 32.2. The van der Waals surface area contributed by atoms with Gasteiger partial charge in [-0.05, 0) is 123 Å². The van der Waals surface area contributed by atoms with Gasteiger partial charge in [0, 0.05) is 79.6 Å². The molecular weight excluding hydrogens is 703 g/mol. The minimum atomic E-state index is -0.333. The number of likely N-dealkylation sites (tertiary alicyclic amines) is 1. The number of rotatable bonds is 8. The molecule has 2 aromatic heterocycles. The van der Waals surface area contributed by atoms with E-state index >= 15 is 0 Å². The van der Waals surface area contributed by atoms with Crippen molar-refractivity contribution in [3.05, 3.63) is 89.7 Å². The van der Waals surface area contributed by atoms with E-state index in [9.17, 15) is 9.59 Å². The third-order valence-corrected chi connectivity index (χ3v) is 12.1. The van der Waals surface area contributed by atoms with E-state index in [1.54, 1.807) is 4.90 Å². The SMILES string of the molecule is Cc1cc(N2CCC(CN3CCC(c4ccc(Nc5ncc6ccc(-c7cnc8c(c7C)NCCO8)cc6n5)cc4)CC3)CC2)ccc1N1CCC(=O)NC1=O. The number of aromatic nitrogens is 3. The van der Waals surface area contributed by atoms with Gasteiger partial charge in [0.1, 0.15) is 12.3 Å². The van der Waals surface area contributed by atoms with Crippen LogP contribution in [0.3, 0.4) is 0 Å². The molecule has 6 heterocycles. The van der Waals surface area contributed by atoms with E-state index in [-0.39, 0.29) is 11.9 Å². The third-order valence-electron chi connectivity index (χ3n) is 12.1. The van der Waals surface area contributed by atoms with Crippen LogP contribution in [0.2, 0.25) is 0 Å². The van der Waals surface area contributed by atoms with Crippen molar-refractivity contribution in [1.82, 2.24) is 25.2 Å². The largest absolute Gasteiger partial charge is 0.474 e. The molecule has 12 nitrogen and oxygen atoms in total. The van der Waals surface area contributed by atoms with Crippen LogP contribution in [0.1, 0.15) is 54.7 Å². The minimum Gasteiger partial charge on any atom is -0.474 e. The number of imide groups is 1. The van der Waals surface area contributed by atoms with Gasteiger partial charge in [0.2, 0.25) is 17.7 Å². The third kappa shape index (κ3) is 7.45. The summed E-state index contributed by atoms with van der Waals surface area (Å²) in [6.45, 7) is 11.5. The average molecular weight is 752 g/mol. The second-order valence-corrected chi connectivity index (χ2v) is 15.7. The molecule has 0 saturated carbocycles. The Kier molecular flexibility index (Phi) is 9.89. The van der Waals surface area contributed by atoms with Crippen molar-refractivity contribution in [3.63, 3.8) is 0 Å². The summed E-state index contributed by atoms with van der Waals surface area (Å²) in [5, 5.41) is 10.3. The Bertz CT molecular complexity index is 2260. The topological polar surface area (TPSA) is 128 Å². The van der Waals surface area contributed by atoms with Gasteiger partial charge in [0.15, 0.2) is 0 Å². The highest BCUT2D eigenvalue weighted by Crippen LogP contribution is 2.37. The number of piperidine rings is 2. The Morgan fingerprint density at radius 2 is 1.70 bits per heavy atom. The molecule has 5 aromatic rings. The summed E-state index contributed by atoms with van der Waals surface area (Å²) in [5.41, 5.74) is 10.6. The van der Waals surface area contributed by atoms with Gasteiger partial charge in [0.05, 0.1) is 5.52 Å². The van der Waals surface area contributed by atoms with Gasteiger partial charge in [-0.3, -0.25) is 15.0 Å². The van der Waals surface area contributed by atoms with Gasteiger partial charge >= 0.3 is 6.03 Å². The standard InChI is InChI=1S/C44H49N9O3/c1-28-23-36(9-10-39(28)53-21-15-40(54)50-44(53)55)52-19-11-30(12-20-52)27-51-17-13-32(14-18-51)31-5-7-35(8-6-31)48-43-47-25-34-4-3-33(24-38(34)49-43)37-26-46-42-41(29(37)2)45-16-22-56-42/h3-10,23-26,30,32,45H,11-22,27H2,1-2H3,(H,47,48,49)(H,50,54,55). The monoisotopic (exact) mass is 751 g/mol. The number of aryl methyl sites for hydroxylation is 1. The molecular formula is C44H49N9O3. The van der Waals surface area contributed by atoms with Crippen LogP contribution in [0.15, 0.2) is 73.1 Å². The predicted octanol–water partition coefficient (Wildman–Crippen LogP) is 7.40. The second kappa shape index (κ2) is 15.4. The van der Waals surface area contributed by atoms with Crippen molar-refractivity contribution in [3.8, 4) is 17.0 Å². The fourth-order valence-corrected chi connectivity index (χ4v) is 8.85. The summed E-state index contributed by atoms with van der Waals surface area (Å²) in [6, 6.07) is 21.1. The summed E-state index contributed by atoms with van der Waals surface area (Å²) in [6.07, 6.45) is 8.82. The molecule has 0 bridgehead atoms. The van der Waals surface area contributed by atoms with Gasteiger partial charge < -0.3 is 25.2 Å². The maximum Gasteiger partial charge on any atom is 0.328 e. The number of amides is 3. The average Bonchev–Trinajstić information content (AvgIpc) is 3.22. The molecule has 3 fully saturated rings. The van der Waals surface area contributed by atoms with Gasteiger partial charge in [-0.2, -0.15) is 0 Å². The molecule has 12 heteroatoms. The van der Waals surface area contributed by atoms with E-state index in [2.05, 4.69) is 97.2 Å². The molecule has 288 valence electrons. The van der Waals surface area contributed by atoms with Crippen molar-refractivity contribution >= 4 is 51.5 Å². The number of carbonyl (C=O) groups is 2. The van der Waals surface area contributed by atoms with Crippen LogP contribution in [-0.4, -0.2) is 84.2 Å². The number of ether oxygens (including phenoxy) is 1. The van der Waals surface area contributed by atoms with Gasteiger partial charge in [-0.25, -0.2) is 19.7 Å². The number of benzene rings is 3. The number of fused-ring (bicyclic) bond motifs is 2. The van der Waals surface area contributed by atoms with Crippen molar-refractivity contribution < 1.29 is 14.3 Å². The quantitative estimate of drug-likeness (QED) is 0.148. The van der Waals surface area contributed by atoms with Crippen LogP contribution in [0, 0.1) is 19.8 Å². The van der Waals surface area contributed by atoms with E-state index < -0.39 is 0 Å². The Balaban J connectivity index is 0.755. The number of hydrogen-bond donors (Lipinski definition) is 3. The highest BCUT2D eigenvalue weighted by molar-refractivity contribution is 6.06. The van der Waals surface area contributed by atoms with Crippen LogP contribution >= 0.6 is 0 Å². The van der Waals surface area contributed by atoms with E-state index in [1.165, 1.54) is 43.5 Å². The maximum atomic E-state index is 12.4. The second-order valence-electron chi connectivity index (χ2n) is 15.7. The van der Waals surface area contributed by atoms with Crippen molar-refractivity contribution in [2.45, 2.75) is 51.9 Å². The molecule has 0 unspecified atom stereocenters. The summed E-state index contributed by atoms with van der Waals surface area (Å²) in [5.74, 6) is 2.32. The van der Waals surface area contributed by atoms with Crippen LogP contribution in [0.5, 0.6) is 5.88 Å². The smallest absolute Gasteiger partial charge is 0.328 e. The van der Waals surface area contributed by atoms with Crippen LogP contribution in [0.4, 0.5) is 33.5 Å². The molecule has 0 spiro atoms. The van der Waals surface area contributed by atoms with Crippen LogP contribution in [-0.2, 0) is 4.79 Å². The summed E-state index contributed by atoms with van der Waals surface area (Å²) >= 11 is 0. The molecule has 3 N–H and O–H groups in total. The summed E-state index contributed by atoms with van der Waals surface area (Å²) in [4.78, 5) is 44.8. The summed E-state index contributed by atoms with van der Waals surface area (Å²) in [7, 11) is 0. The molecule has 0 aliphatic carbocycles. The van der Waals surface area contributed by atoms with E-state index in [1.807, 2.05) is 25.4 Å². The number of carbonyl (C=O) groups excluding carboxylic acids is 2. The zero-order valence-corrected chi connectivity index (χ0v) is 32.2. The first-order valence-corrected chi connectivity index (χ1v) is 20.0. The molecule has 4 aliphatic rings. The maximum absolute atomic E-state index is 12.4. The number of pyridine rings is 1. The van der Waals surface area contributed by atoms with Gasteiger partial charge in [-0.1, -0.05) is 24.3 Å². The number of hydrogen-bond acceptors (Lipinski definition) is 10. The zero-order chi connectivity index (χ0) is 38.2. The molecule has 3 saturated heterocycles. The number of urea groups is 1. The number of anilines is 5. The predicted molar refractivity (Wildman–Crippen MR) is 221 cm³/mol. The number of nitrogens with one attached hydrogen (secondary N) is 3. The fourth-order valence-electron chi connectivity index (χ4n) is 8.85. The fraction of sp³-hybridized carbons (Fsp3) is 0.386. The van der Waals surface area contributed by atoms with Crippen molar-refractivity contribution in [2.24, 2.45) is 5.92 Å². The van der Waals surface area contributed by atoms with Gasteiger partial charge in [0.25, 0.3) is 0 Å². The molecule has 3 aromatic carbocycles. The first-order valence-electron chi connectivity index (χ1n) is 20.0. The Morgan fingerprint density at radius 1 is 0.875 bits per heavy atom. The lowest BCUT2D eigenvalue weighted by Crippen LogP contribution is -2.49. The Morgan fingerprint density at radius 3 is 2.48 bits per heavy atom. The molecule has 3 amide bonds. The highest BCUT2D eigenvalue weighted by atomic mass is 16.5. The normalized spacial score (nSPS) is 18.3. The van der Waals surface area contributed by atoms with E-state index in [0.717, 1.165) is 82.9 Å². The van der Waals surface area contributed by atoms with Crippen LogP contribution in [0.25, 0.3) is 22.0 Å². The highest BCUT2D eigenvalue weighted by Gasteiger charge is 2.28. The first kappa shape index (κ1) is 35.9. The van der Waals surface area contributed by atoms with Crippen molar-refractivity contribution in [2.75, 3.05) is 72.9 Å². The van der Waals surface area contributed by atoms with Crippen LogP contribution < -0.4 is 30.5 Å². The lowest BCUT2D eigenvalue weighted by atomic mass is 9.88. The molecule has 0 radical (unpaired) electrons. The molecule has 0 atom stereocenters. The van der Waals surface area contributed by atoms with E-state index in [4.69, 9.17) is 9.72 Å². The lowest BCUT2D eigenvalue weighted by molar-refractivity contribution is -0.120. The van der Waals surface area contributed by atoms with Crippen molar-refractivity contribution in [1.29, 1.82) is 0 Å². The Labute approximate surface area is 327 Å². The Hall–Kier alpha value is -5.75. The lowest BCUT2D eigenvalue weighted by Gasteiger charge is -2.38. The molecule has 9 rings (SSSR count).